The van der Waals surface area contributed by atoms with Crippen LogP contribution in [0.15, 0.2) is 42.5 Å². The number of amides is 1. The number of anilines is 2. The number of carbonyl (C=O) groups excluding carboxylic acids is 1. The van der Waals surface area contributed by atoms with Gasteiger partial charge in [0.2, 0.25) is 10.0 Å². The van der Waals surface area contributed by atoms with Gasteiger partial charge in [-0.1, -0.05) is 23.7 Å². The fourth-order valence-electron chi connectivity index (χ4n) is 2.73. The number of nitrogens with one attached hydrogen (secondary N) is 1. The standard InChI is InChI=1S/C17H14ClF3N2O4S/c1-28(25,26)23-9-15(27-14-7-6-10(18)8-13(14)23)16(24)22-12-5-3-2-4-11(12)17(19,20)21/h2-8,15H,9H2,1H3,(H,22,24)/t15-/m1/s1. The minimum atomic E-state index is -4.67. The Hall–Kier alpha value is -2.46. The Morgan fingerprint density at radius 3 is 2.57 bits per heavy atom. The summed E-state index contributed by atoms with van der Waals surface area (Å²) in [5.74, 6) is -0.837. The van der Waals surface area contributed by atoms with Gasteiger partial charge in [0, 0.05) is 5.02 Å². The van der Waals surface area contributed by atoms with Crippen LogP contribution in [0.1, 0.15) is 5.56 Å². The molecular weight excluding hydrogens is 421 g/mol. The second-order valence-electron chi connectivity index (χ2n) is 6.05. The molecule has 1 aliphatic rings. The Morgan fingerprint density at radius 1 is 1.25 bits per heavy atom. The average Bonchev–Trinajstić information content (AvgIpc) is 2.59. The fourth-order valence-corrected chi connectivity index (χ4v) is 3.80. The molecule has 1 N–H and O–H groups in total. The third kappa shape index (κ3) is 4.17. The maximum Gasteiger partial charge on any atom is 0.418 e. The van der Waals surface area contributed by atoms with Crippen molar-refractivity contribution in [3.8, 4) is 5.75 Å². The molecule has 2 aromatic carbocycles. The zero-order valence-corrected chi connectivity index (χ0v) is 15.9. The Bertz CT molecular complexity index is 1030. The van der Waals surface area contributed by atoms with Crippen LogP contribution in [0.25, 0.3) is 0 Å². The summed E-state index contributed by atoms with van der Waals surface area (Å²) < 4.78 is 70.0. The lowest BCUT2D eigenvalue weighted by atomic mass is 10.1. The molecule has 28 heavy (non-hydrogen) atoms. The molecule has 1 heterocycles. The van der Waals surface area contributed by atoms with Crippen LogP contribution in [0.2, 0.25) is 5.02 Å². The molecule has 0 spiro atoms. The monoisotopic (exact) mass is 434 g/mol. The van der Waals surface area contributed by atoms with Gasteiger partial charge in [0.15, 0.2) is 6.10 Å². The van der Waals surface area contributed by atoms with Crippen molar-refractivity contribution in [2.24, 2.45) is 0 Å². The molecule has 1 atom stereocenters. The number of alkyl halides is 3. The number of nitrogens with zero attached hydrogens (tertiary/aromatic N) is 1. The van der Waals surface area contributed by atoms with Gasteiger partial charge in [-0.2, -0.15) is 13.2 Å². The smallest absolute Gasteiger partial charge is 0.418 e. The van der Waals surface area contributed by atoms with Crippen LogP contribution < -0.4 is 14.4 Å². The van der Waals surface area contributed by atoms with E-state index in [4.69, 9.17) is 16.3 Å². The van der Waals surface area contributed by atoms with Gasteiger partial charge in [-0.3, -0.25) is 9.10 Å². The Balaban J connectivity index is 1.91. The summed E-state index contributed by atoms with van der Waals surface area (Å²) in [5.41, 5.74) is -1.32. The van der Waals surface area contributed by atoms with Crippen LogP contribution in [0, 0.1) is 0 Å². The van der Waals surface area contributed by atoms with E-state index in [0.717, 1.165) is 22.7 Å². The van der Waals surface area contributed by atoms with Gasteiger partial charge < -0.3 is 10.1 Å². The highest BCUT2D eigenvalue weighted by molar-refractivity contribution is 7.92. The maximum atomic E-state index is 13.1. The zero-order valence-electron chi connectivity index (χ0n) is 14.3. The normalized spacial score (nSPS) is 16.9. The van der Waals surface area contributed by atoms with Crippen molar-refractivity contribution in [1.82, 2.24) is 0 Å². The number of hydrogen-bond acceptors (Lipinski definition) is 4. The minimum absolute atomic E-state index is 0.0744. The maximum absolute atomic E-state index is 13.1. The SMILES string of the molecule is CS(=O)(=O)N1C[C@H](C(=O)Nc2ccccc2C(F)(F)F)Oc2ccc(Cl)cc21. The lowest BCUT2D eigenvalue weighted by Gasteiger charge is -2.34. The van der Waals surface area contributed by atoms with Crippen molar-refractivity contribution in [1.29, 1.82) is 0 Å². The van der Waals surface area contributed by atoms with Crippen LogP contribution in [0.3, 0.4) is 0 Å². The van der Waals surface area contributed by atoms with Gasteiger partial charge in [-0.25, -0.2) is 8.42 Å². The van der Waals surface area contributed by atoms with Crippen molar-refractivity contribution < 1.29 is 31.1 Å². The van der Waals surface area contributed by atoms with Crippen LogP contribution >= 0.6 is 11.6 Å². The van der Waals surface area contributed by atoms with E-state index >= 15 is 0 Å². The number of sulfonamides is 1. The summed E-state index contributed by atoms with van der Waals surface area (Å²) in [4.78, 5) is 12.5. The quantitative estimate of drug-likeness (QED) is 0.802. The van der Waals surface area contributed by atoms with Gasteiger partial charge in [0.05, 0.1) is 29.7 Å². The van der Waals surface area contributed by atoms with Gasteiger partial charge in [0.1, 0.15) is 5.75 Å². The van der Waals surface area contributed by atoms with E-state index in [2.05, 4.69) is 5.32 Å². The Kier molecular flexibility index (Phi) is 5.20. The highest BCUT2D eigenvalue weighted by Crippen LogP contribution is 2.38. The molecule has 6 nitrogen and oxygen atoms in total. The third-order valence-electron chi connectivity index (χ3n) is 3.97. The average molecular weight is 435 g/mol. The van der Waals surface area contributed by atoms with Crippen molar-refractivity contribution in [3.05, 3.63) is 53.1 Å². The van der Waals surface area contributed by atoms with E-state index in [1.807, 2.05) is 0 Å². The summed E-state index contributed by atoms with van der Waals surface area (Å²) >= 11 is 5.90. The summed E-state index contributed by atoms with van der Waals surface area (Å²) in [7, 11) is -3.79. The van der Waals surface area contributed by atoms with Crippen LogP contribution in [0.5, 0.6) is 5.75 Å². The first-order valence-electron chi connectivity index (χ1n) is 7.88. The number of ether oxygens (including phenoxy) is 1. The first kappa shape index (κ1) is 20.3. The molecule has 150 valence electrons. The number of benzene rings is 2. The molecule has 1 amide bonds. The fraction of sp³-hybridized carbons (Fsp3) is 0.235. The van der Waals surface area contributed by atoms with Crippen LogP contribution in [-0.4, -0.2) is 33.2 Å². The Labute approximate surface area is 163 Å². The number of para-hydroxylation sites is 1. The molecular formula is C17H14ClF3N2O4S. The molecule has 0 aromatic heterocycles. The van der Waals surface area contributed by atoms with E-state index in [1.165, 1.54) is 30.3 Å². The lowest BCUT2D eigenvalue weighted by Crippen LogP contribution is -2.48. The number of fused-ring (bicyclic) bond motifs is 1. The van der Waals surface area contributed by atoms with E-state index < -0.39 is 46.0 Å². The molecule has 1 aliphatic heterocycles. The van der Waals surface area contributed by atoms with Crippen molar-refractivity contribution >= 4 is 38.9 Å². The molecule has 0 unspecified atom stereocenters. The Morgan fingerprint density at radius 2 is 1.93 bits per heavy atom. The molecule has 11 heteroatoms. The van der Waals surface area contributed by atoms with E-state index in [0.29, 0.717) is 0 Å². The second kappa shape index (κ2) is 7.17. The molecule has 0 aliphatic carbocycles. The van der Waals surface area contributed by atoms with Gasteiger partial charge in [0.25, 0.3) is 5.91 Å². The van der Waals surface area contributed by atoms with E-state index in [9.17, 15) is 26.4 Å². The summed E-state index contributed by atoms with van der Waals surface area (Å²) in [6, 6.07) is 8.67. The topological polar surface area (TPSA) is 75.7 Å². The summed E-state index contributed by atoms with van der Waals surface area (Å²) in [6.07, 6.45) is -5.08. The largest absolute Gasteiger partial charge is 0.476 e. The van der Waals surface area contributed by atoms with E-state index in [-0.39, 0.29) is 16.5 Å². The number of carbonyl (C=O) groups is 1. The molecule has 2 aromatic rings. The van der Waals surface area contributed by atoms with Crippen LogP contribution in [-0.2, 0) is 21.0 Å². The third-order valence-corrected chi connectivity index (χ3v) is 5.36. The highest BCUT2D eigenvalue weighted by atomic mass is 35.5. The highest BCUT2D eigenvalue weighted by Gasteiger charge is 2.37. The first-order chi connectivity index (χ1) is 13.0. The molecule has 0 radical (unpaired) electrons. The first-order valence-corrected chi connectivity index (χ1v) is 10.1. The minimum Gasteiger partial charge on any atom is -0.476 e. The van der Waals surface area contributed by atoms with Gasteiger partial charge >= 0.3 is 6.18 Å². The van der Waals surface area contributed by atoms with Crippen molar-refractivity contribution in [2.45, 2.75) is 12.3 Å². The zero-order chi connectivity index (χ0) is 20.7. The summed E-state index contributed by atoms with van der Waals surface area (Å²) in [6.45, 7) is -0.411. The lowest BCUT2D eigenvalue weighted by molar-refractivity contribution is -0.137. The molecule has 0 saturated heterocycles. The van der Waals surface area contributed by atoms with Crippen LogP contribution in [0.4, 0.5) is 24.5 Å². The number of halogens is 4. The number of hydrogen-bond donors (Lipinski definition) is 1. The number of rotatable bonds is 3. The van der Waals surface area contributed by atoms with Gasteiger partial charge in [-0.05, 0) is 30.3 Å². The predicted molar refractivity (Wildman–Crippen MR) is 98.1 cm³/mol. The molecule has 3 rings (SSSR count). The van der Waals surface area contributed by atoms with E-state index in [1.54, 1.807) is 0 Å². The van der Waals surface area contributed by atoms with Gasteiger partial charge in [-0.15, -0.1) is 0 Å². The second-order valence-corrected chi connectivity index (χ2v) is 8.39. The van der Waals surface area contributed by atoms with Crippen molar-refractivity contribution in [3.63, 3.8) is 0 Å². The molecule has 0 bridgehead atoms. The van der Waals surface area contributed by atoms with Crippen molar-refractivity contribution in [2.75, 3.05) is 22.4 Å². The predicted octanol–water partition coefficient (Wildman–Crippen LogP) is 3.52. The molecule has 0 fully saturated rings. The summed E-state index contributed by atoms with van der Waals surface area (Å²) in [5, 5.41) is 2.43. The molecule has 0 saturated carbocycles.